The molecule has 31 heavy (non-hydrogen) atoms. The average Bonchev–Trinajstić information content (AvgIpc) is 2.66. The summed E-state index contributed by atoms with van der Waals surface area (Å²) in [6, 6.07) is 7.78. The first-order valence-corrected chi connectivity index (χ1v) is 8.96. The van der Waals surface area contributed by atoms with Crippen LogP contribution in [0.3, 0.4) is 0 Å². The fourth-order valence-electron chi connectivity index (χ4n) is 2.50. The number of ether oxygens (including phenoxy) is 1. The Hall–Kier alpha value is -2.95. The number of hydrogen-bond acceptors (Lipinski definition) is 4. The second kappa shape index (κ2) is 9.04. The Morgan fingerprint density at radius 3 is 2.19 bits per heavy atom. The molecule has 0 aliphatic rings. The number of halogens is 7. The number of anilines is 1. The third-order valence-electron chi connectivity index (χ3n) is 3.95. The van der Waals surface area contributed by atoms with Crippen LogP contribution in [0.4, 0.5) is 32.0 Å². The van der Waals surface area contributed by atoms with Gasteiger partial charge in [0, 0.05) is 5.69 Å². The monoisotopic (exact) mass is 468 g/mol. The minimum Gasteiger partial charge on any atom is -0.463 e. The molecule has 0 unspecified atom stereocenters. The lowest BCUT2D eigenvalue weighted by Crippen LogP contribution is -2.69. The van der Waals surface area contributed by atoms with Crippen molar-refractivity contribution in [3.8, 4) is 0 Å². The van der Waals surface area contributed by atoms with Crippen LogP contribution < -0.4 is 10.6 Å². The molecule has 12 heteroatoms. The molecule has 2 aromatic rings. The number of carbonyl (C=O) groups excluding carboxylic acids is 2. The highest BCUT2D eigenvalue weighted by atomic mass is 35.5. The van der Waals surface area contributed by atoms with Crippen molar-refractivity contribution < 1.29 is 40.7 Å². The fraction of sp³-hybridized carbons (Fsp3) is 0.263. The zero-order valence-electron chi connectivity index (χ0n) is 15.7. The van der Waals surface area contributed by atoms with Gasteiger partial charge >= 0.3 is 24.0 Å². The van der Waals surface area contributed by atoms with Crippen molar-refractivity contribution in [3.05, 3.63) is 64.7 Å². The first-order chi connectivity index (χ1) is 14.3. The van der Waals surface area contributed by atoms with Gasteiger partial charge in [-0.3, -0.25) is 4.79 Å². The van der Waals surface area contributed by atoms with E-state index in [4.69, 9.17) is 11.6 Å². The van der Waals surface area contributed by atoms with E-state index in [9.17, 15) is 35.9 Å². The Balaban J connectivity index is 2.58. The maximum Gasteiger partial charge on any atom is 0.441 e. The van der Waals surface area contributed by atoms with Gasteiger partial charge in [0.25, 0.3) is 5.91 Å². The van der Waals surface area contributed by atoms with E-state index in [0.717, 1.165) is 18.2 Å². The summed E-state index contributed by atoms with van der Waals surface area (Å²) in [4.78, 5) is 24.9. The Bertz CT molecular complexity index is 964. The number of amides is 1. The summed E-state index contributed by atoms with van der Waals surface area (Å²) >= 11 is 5.83. The molecule has 1 amide bonds. The first kappa shape index (κ1) is 24.3. The summed E-state index contributed by atoms with van der Waals surface area (Å²) in [5.74, 6) is -3.38. The molecule has 168 valence electrons. The molecule has 0 fully saturated rings. The molecule has 2 N–H and O–H groups in total. The van der Waals surface area contributed by atoms with Crippen LogP contribution in [0.2, 0.25) is 5.02 Å². The predicted molar refractivity (Wildman–Crippen MR) is 99.4 cm³/mol. The summed E-state index contributed by atoms with van der Waals surface area (Å²) in [5.41, 5.74) is -6.30. The molecule has 0 heterocycles. The SMILES string of the molecule is CCOC(=O)[C@](NC(=O)c1ccccc1Cl)(Nc1cccc(C(F)(F)F)c1)C(F)(F)F. The molecule has 0 radical (unpaired) electrons. The van der Waals surface area contributed by atoms with Gasteiger partial charge in [0.2, 0.25) is 0 Å². The summed E-state index contributed by atoms with van der Waals surface area (Å²) in [7, 11) is 0. The molecular formula is C19H15ClF6N2O3. The van der Waals surface area contributed by atoms with Crippen molar-refractivity contribution in [3.63, 3.8) is 0 Å². The van der Waals surface area contributed by atoms with E-state index in [1.54, 1.807) is 5.32 Å². The van der Waals surface area contributed by atoms with Crippen LogP contribution in [-0.4, -0.2) is 30.3 Å². The Kier molecular flexibility index (Phi) is 7.10. The number of hydrogen-bond donors (Lipinski definition) is 2. The van der Waals surface area contributed by atoms with Crippen molar-refractivity contribution in [2.24, 2.45) is 0 Å². The summed E-state index contributed by atoms with van der Waals surface area (Å²) in [6.07, 6.45) is -10.4. The predicted octanol–water partition coefficient (Wildman–Crippen LogP) is 5.02. The van der Waals surface area contributed by atoms with Crippen LogP contribution >= 0.6 is 11.6 Å². The third kappa shape index (κ3) is 5.40. The maximum atomic E-state index is 14.1. The fourth-order valence-corrected chi connectivity index (χ4v) is 2.72. The van der Waals surface area contributed by atoms with Crippen molar-refractivity contribution in [2.45, 2.75) is 24.9 Å². The molecule has 5 nitrogen and oxygen atoms in total. The van der Waals surface area contributed by atoms with Gasteiger partial charge < -0.3 is 15.4 Å². The van der Waals surface area contributed by atoms with E-state index in [-0.39, 0.29) is 5.02 Å². The van der Waals surface area contributed by atoms with Gasteiger partial charge in [-0.15, -0.1) is 0 Å². The Morgan fingerprint density at radius 2 is 1.65 bits per heavy atom. The number of carbonyl (C=O) groups is 2. The van der Waals surface area contributed by atoms with E-state index >= 15 is 0 Å². The summed E-state index contributed by atoms with van der Waals surface area (Å²) in [6.45, 7) is 0.724. The molecule has 0 saturated carbocycles. The van der Waals surface area contributed by atoms with Crippen molar-refractivity contribution in [1.82, 2.24) is 5.32 Å². The quantitative estimate of drug-likeness (QED) is 0.355. The second-order valence-corrected chi connectivity index (χ2v) is 6.51. The highest BCUT2D eigenvalue weighted by Gasteiger charge is 2.63. The standard InChI is InChI=1S/C19H15ClF6N2O3/c1-2-31-16(30)17(19(24,25)26,28-15(29)13-8-3-4-9-14(13)20)27-12-7-5-6-11(10-12)18(21,22)23/h3-10,27H,2H2,1H3,(H,28,29)/t17-/m1/s1. The lowest BCUT2D eigenvalue weighted by Gasteiger charge is -2.35. The number of nitrogens with one attached hydrogen (secondary N) is 2. The van der Waals surface area contributed by atoms with E-state index in [0.29, 0.717) is 12.1 Å². The van der Waals surface area contributed by atoms with E-state index in [2.05, 4.69) is 4.74 Å². The van der Waals surface area contributed by atoms with Gasteiger partial charge in [-0.2, -0.15) is 26.3 Å². The molecule has 0 spiro atoms. The second-order valence-electron chi connectivity index (χ2n) is 6.11. The van der Waals surface area contributed by atoms with Gasteiger partial charge in [-0.05, 0) is 37.3 Å². The molecule has 0 bridgehead atoms. The normalized spacial score (nSPS) is 13.8. The highest BCUT2D eigenvalue weighted by Crippen LogP contribution is 2.36. The molecule has 2 rings (SSSR count). The molecule has 0 aliphatic heterocycles. The zero-order chi connectivity index (χ0) is 23.4. The third-order valence-corrected chi connectivity index (χ3v) is 4.28. The van der Waals surface area contributed by atoms with Crippen LogP contribution in [0.15, 0.2) is 48.5 Å². The number of alkyl halides is 6. The van der Waals surface area contributed by atoms with Crippen molar-refractivity contribution in [1.29, 1.82) is 0 Å². The molecule has 0 aromatic heterocycles. The number of benzene rings is 2. The lowest BCUT2D eigenvalue weighted by atomic mass is 10.1. The first-order valence-electron chi connectivity index (χ1n) is 8.58. The van der Waals surface area contributed by atoms with Crippen LogP contribution in [0.1, 0.15) is 22.8 Å². The van der Waals surface area contributed by atoms with Crippen molar-refractivity contribution in [2.75, 3.05) is 11.9 Å². The molecule has 0 saturated heterocycles. The lowest BCUT2D eigenvalue weighted by molar-refractivity contribution is -0.204. The topological polar surface area (TPSA) is 67.4 Å². The maximum absolute atomic E-state index is 14.1. The summed E-state index contributed by atoms with van der Waals surface area (Å²) in [5, 5.41) is 2.97. The van der Waals surface area contributed by atoms with E-state index in [1.807, 2.05) is 0 Å². The molecule has 1 atom stereocenters. The van der Waals surface area contributed by atoms with Crippen LogP contribution in [-0.2, 0) is 15.7 Å². The number of rotatable bonds is 6. The van der Waals surface area contributed by atoms with Gasteiger partial charge in [0.15, 0.2) is 0 Å². The van der Waals surface area contributed by atoms with Gasteiger partial charge in [-0.1, -0.05) is 29.8 Å². The van der Waals surface area contributed by atoms with Gasteiger partial charge in [0.05, 0.1) is 22.8 Å². The summed E-state index contributed by atoms with van der Waals surface area (Å²) < 4.78 is 85.7. The number of esters is 1. The zero-order valence-corrected chi connectivity index (χ0v) is 16.5. The average molecular weight is 469 g/mol. The minimum absolute atomic E-state index is 0.209. The Labute approximate surface area is 177 Å². The van der Waals surface area contributed by atoms with E-state index in [1.165, 1.54) is 30.4 Å². The van der Waals surface area contributed by atoms with E-state index < -0.39 is 53.3 Å². The van der Waals surface area contributed by atoms with Crippen LogP contribution in [0.25, 0.3) is 0 Å². The highest BCUT2D eigenvalue weighted by molar-refractivity contribution is 6.33. The van der Waals surface area contributed by atoms with Crippen LogP contribution in [0.5, 0.6) is 0 Å². The van der Waals surface area contributed by atoms with Gasteiger partial charge in [0.1, 0.15) is 0 Å². The minimum atomic E-state index is -5.52. The van der Waals surface area contributed by atoms with Crippen molar-refractivity contribution >= 4 is 29.2 Å². The molecular weight excluding hydrogens is 454 g/mol. The molecule has 2 aromatic carbocycles. The largest absolute Gasteiger partial charge is 0.463 e. The van der Waals surface area contributed by atoms with Crippen LogP contribution in [0, 0.1) is 0 Å². The molecule has 0 aliphatic carbocycles. The Morgan fingerprint density at radius 1 is 1.00 bits per heavy atom. The van der Waals surface area contributed by atoms with Gasteiger partial charge in [-0.25, -0.2) is 4.79 Å². The smallest absolute Gasteiger partial charge is 0.441 e.